The highest BCUT2D eigenvalue weighted by Crippen LogP contribution is 2.36. The molecule has 0 bridgehead atoms. The fourth-order valence-corrected chi connectivity index (χ4v) is 5.16. The molecule has 10 heteroatoms. The van der Waals surface area contributed by atoms with Crippen LogP contribution in [0.15, 0.2) is 98.8 Å². The summed E-state index contributed by atoms with van der Waals surface area (Å²) in [5, 5.41) is 8.91. The lowest BCUT2D eigenvalue weighted by molar-refractivity contribution is -0.113. The molecule has 0 aliphatic carbocycles. The largest absolute Gasteiger partial charge is 0.497 e. The highest BCUT2D eigenvalue weighted by atomic mass is 32.2. The van der Waals surface area contributed by atoms with Crippen molar-refractivity contribution in [3.63, 3.8) is 0 Å². The van der Waals surface area contributed by atoms with E-state index in [-0.39, 0.29) is 22.3 Å². The van der Waals surface area contributed by atoms with E-state index in [9.17, 15) is 9.59 Å². The number of aromatic nitrogens is 2. The van der Waals surface area contributed by atoms with Gasteiger partial charge in [0.2, 0.25) is 5.17 Å². The molecule has 9 nitrogen and oxygen atoms in total. The number of methoxy groups -OCH3 is 2. The lowest BCUT2D eigenvalue weighted by Crippen LogP contribution is -2.33. The molecule has 1 aliphatic heterocycles. The Hall–Kier alpha value is -4.83. The van der Waals surface area contributed by atoms with Crippen LogP contribution in [0.3, 0.4) is 0 Å². The summed E-state index contributed by atoms with van der Waals surface area (Å²) in [4.78, 5) is 29.4. The summed E-state index contributed by atoms with van der Waals surface area (Å²) < 4.78 is 13.7. The summed E-state index contributed by atoms with van der Waals surface area (Å²) in [6, 6.07) is 24.0. The summed E-state index contributed by atoms with van der Waals surface area (Å²) in [5.74, 6) is 1.09. The molecule has 3 aromatic carbocycles. The monoisotopic (exact) mass is 553 g/mol. The van der Waals surface area contributed by atoms with Gasteiger partial charge in [0.15, 0.2) is 0 Å². The molecule has 2 heterocycles. The molecule has 1 saturated heterocycles. The number of hydrogen-bond donors (Lipinski definition) is 0. The maximum atomic E-state index is 13.8. The second kappa shape index (κ2) is 11.5. The maximum Gasteiger partial charge on any atom is 0.296 e. The predicted octanol–water partition coefficient (Wildman–Crippen LogP) is 5.01. The lowest BCUT2D eigenvalue weighted by atomic mass is 10.2. The average Bonchev–Trinajstić information content (AvgIpc) is 3.39. The molecule has 0 unspecified atom stereocenters. The highest BCUT2D eigenvalue weighted by Gasteiger charge is 2.39. The summed E-state index contributed by atoms with van der Waals surface area (Å²) >= 11 is 1.16. The number of benzene rings is 3. The normalized spacial score (nSPS) is 15.5. The van der Waals surface area contributed by atoms with Crippen LogP contribution in [0.5, 0.6) is 11.5 Å². The molecule has 0 radical (unpaired) electrons. The molecule has 1 aromatic heterocycles. The molecule has 1 fully saturated rings. The number of thioether (sulfide) groups is 1. The zero-order valence-corrected chi connectivity index (χ0v) is 23.3. The van der Waals surface area contributed by atoms with E-state index < -0.39 is 0 Å². The molecular weight excluding hydrogens is 526 g/mol. The van der Waals surface area contributed by atoms with Crippen molar-refractivity contribution in [2.45, 2.75) is 6.92 Å². The van der Waals surface area contributed by atoms with Gasteiger partial charge in [0.25, 0.3) is 11.5 Å². The molecule has 4 aromatic rings. The minimum absolute atomic E-state index is 0.223. The van der Waals surface area contributed by atoms with Gasteiger partial charge in [-0.1, -0.05) is 30.3 Å². The SMILES string of the molecule is COc1ccc(/C=N/N=C2\S/C(=C/c3ccc(OC)cc3)C(=O)N2c2c(C)n(C)n(-c3ccccc3)c2=O)cc1. The van der Waals surface area contributed by atoms with Crippen molar-refractivity contribution in [2.24, 2.45) is 17.3 Å². The number of amidine groups is 1. The Kier molecular flexibility index (Phi) is 7.70. The van der Waals surface area contributed by atoms with Gasteiger partial charge in [0.05, 0.1) is 36.7 Å². The molecule has 0 atom stereocenters. The quantitative estimate of drug-likeness (QED) is 0.182. The third kappa shape index (κ3) is 5.21. The summed E-state index contributed by atoms with van der Waals surface area (Å²) in [7, 11) is 4.99. The first-order valence-electron chi connectivity index (χ1n) is 12.4. The van der Waals surface area contributed by atoms with Crippen molar-refractivity contribution in [2.75, 3.05) is 19.1 Å². The van der Waals surface area contributed by atoms with Crippen LogP contribution in [0.4, 0.5) is 5.69 Å². The number of amides is 1. The molecule has 0 saturated carbocycles. The molecule has 202 valence electrons. The predicted molar refractivity (Wildman–Crippen MR) is 160 cm³/mol. The van der Waals surface area contributed by atoms with Gasteiger partial charge in [0.1, 0.15) is 17.2 Å². The number of carbonyl (C=O) groups is 1. The van der Waals surface area contributed by atoms with Crippen molar-refractivity contribution >= 4 is 40.8 Å². The molecule has 5 rings (SSSR count). The minimum Gasteiger partial charge on any atom is -0.497 e. The van der Waals surface area contributed by atoms with Gasteiger partial charge in [0, 0.05) is 7.05 Å². The molecular formula is C30H27N5O4S. The van der Waals surface area contributed by atoms with Crippen molar-refractivity contribution < 1.29 is 14.3 Å². The van der Waals surface area contributed by atoms with Crippen molar-refractivity contribution in [1.29, 1.82) is 0 Å². The smallest absolute Gasteiger partial charge is 0.296 e. The van der Waals surface area contributed by atoms with E-state index in [0.29, 0.717) is 22.0 Å². The zero-order valence-electron chi connectivity index (χ0n) is 22.4. The standard InChI is InChI=1S/C30H27N5O4S/c1-20-27(29(37)35(33(20)2)23-8-6-5-7-9-23)34-28(36)26(18-21-10-14-24(38-3)15-11-21)40-30(34)32-31-19-22-12-16-25(39-4)17-13-22/h5-19H,1-4H3/b26-18+,31-19+,32-30-. The lowest BCUT2D eigenvalue weighted by Gasteiger charge is -2.13. The number of para-hydroxylation sites is 1. The van der Waals surface area contributed by atoms with E-state index in [4.69, 9.17) is 9.47 Å². The second-order valence-electron chi connectivity index (χ2n) is 8.83. The Morgan fingerprint density at radius 2 is 1.43 bits per heavy atom. The van der Waals surface area contributed by atoms with E-state index in [2.05, 4.69) is 10.2 Å². The van der Waals surface area contributed by atoms with Gasteiger partial charge >= 0.3 is 0 Å². The first-order valence-corrected chi connectivity index (χ1v) is 13.2. The van der Waals surface area contributed by atoms with Gasteiger partial charge in [-0.15, -0.1) is 5.10 Å². The van der Waals surface area contributed by atoms with Crippen LogP contribution < -0.4 is 19.9 Å². The van der Waals surface area contributed by atoms with E-state index in [1.54, 1.807) is 45.2 Å². The van der Waals surface area contributed by atoms with Gasteiger partial charge in [-0.2, -0.15) is 5.10 Å². The van der Waals surface area contributed by atoms with Gasteiger partial charge in [-0.25, -0.2) is 9.58 Å². The Bertz CT molecular complexity index is 1690. The summed E-state index contributed by atoms with van der Waals surface area (Å²) in [6.45, 7) is 1.80. The third-order valence-electron chi connectivity index (χ3n) is 6.43. The Morgan fingerprint density at radius 1 is 0.825 bits per heavy atom. The molecule has 40 heavy (non-hydrogen) atoms. The average molecular weight is 554 g/mol. The number of carbonyl (C=O) groups excluding carboxylic acids is 1. The van der Waals surface area contributed by atoms with Gasteiger partial charge in [-0.05, 0) is 84.4 Å². The number of rotatable bonds is 7. The minimum atomic E-state index is -0.356. The van der Waals surface area contributed by atoms with Gasteiger partial charge < -0.3 is 9.47 Å². The fraction of sp³-hybridized carbons (Fsp3) is 0.133. The van der Waals surface area contributed by atoms with Crippen LogP contribution in [0.2, 0.25) is 0 Å². The Morgan fingerprint density at radius 3 is 2.02 bits per heavy atom. The third-order valence-corrected chi connectivity index (χ3v) is 7.39. The van der Waals surface area contributed by atoms with Crippen molar-refractivity contribution in [3.8, 4) is 17.2 Å². The van der Waals surface area contributed by atoms with Crippen molar-refractivity contribution in [1.82, 2.24) is 9.36 Å². The topological polar surface area (TPSA) is 90.4 Å². The molecule has 1 aliphatic rings. The Labute approximate surface area is 235 Å². The van der Waals surface area contributed by atoms with Gasteiger partial charge in [-0.3, -0.25) is 14.3 Å². The second-order valence-corrected chi connectivity index (χ2v) is 9.84. The van der Waals surface area contributed by atoms with Crippen LogP contribution in [0.25, 0.3) is 11.8 Å². The van der Waals surface area contributed by atoms with E-state index >= 15 is 0 Å². The zero-order chi connectivity index (χ0) is 28.2. The molecule has 0 spiro atoms. The molecule has 0 N–H and O–H groups in total. The van der Waals surface area contributed by atoms with Crippen molar-refractivity contribution in [3.05, 3.63) is 111 Å². The fourth-order valence-electron chi connectivity index (χ4n) is 4.24. The Balaban J connectivity index is 1.58. The summed E-state index contributed by atoms with van der Waals surface area (Å²) in [6.07, 6.45) is 3.35. The number of ether oxygens (including phenoxy) is 2. The van der Waals surface area contributed by atoms with E-state index in [1.807, 2.05) is 78.9 Å². The van der Waals surface area contributed by atoms with Crippen LogP contribution in [-0.4, -0.2) is 40.9 Å². The summed E-state index contributed by atoms with van der Waals surface area (Å²) in [5.41, 5.74) is 2.81. The van der Waals surface area contributed by atoms with Crippen LogP contribution in [-0.2, 0) is 11.8 Å². The molecule has 1 amide bonds. The van der Waals surface area contributed by atoms with Crippen LogP contribution in [0, 0.1) is 6.92 Å². The first kappa shape index (κ1) is 26.8. The van der Waals surface area contributed by atoms with E-state index in [0.717, 1.165) is 28.6 Å². The first-order chi connectivity index (χ1) is 19.4. The highest BCUT2D eigenvalue weighted by molar-refractivity contribution is 8.19. The number of nitrogens with zero attached hydrogens (tertiary/aromatic N) is 5. The number of hydrogen-bond acceptors (Lipinski definition) is 7. The van der Waals surface area contributed by atoms with Crippen LogP contribution >= 0.6 is 11.8 Å². The van der Waals surface area contributed by atoms with E-state index in [1.165, 1.54) is 9.58 Å². The van der Waals surface area contributed by atoms with Crippen LogP contribution in [0.1, 0.15) is 16.8 Å². The maximum absolute atomic E-state index is 13.8. The number of anilines is 1.